The number of carbonyl (C=O) groups is 1. The fourth-order valence-electron chi connectivity index (χ4n) is 3.58. The Morgan fingerprint density at radius 1 is 1.33 bits per heavy atom. The molecule has 1 aliphatic carbocycles. The zero-order valence-electron chi connectivity index (χ0n) is 16.6. The quantitative estimate of drug-likeness (QED) is 0.559. The van der Waals surface area contributed by atoms with Gasteiger partial charge < -0.3 is 0 Å². The molecule has 0 saturated heterocycles. The highest BCUT2D eigenvalue weighted by atomic mass is 35.5. The molecule has 8 nitrogen and oxygen atoms in total. The normalized spacial score (nSPS) is 14.2. The third-order valence-corrected chi connectivity index (χ3v) is 6.85. The number of aryl methyl sites for hydroxylation is 1. The molecule has 1 aromatic carbocycles. The van der Waals surface area contributed by atoms with Gasteiger partial charge in [-0.2, -0.15) is 5.10 Å². The zero-order valence-corrected chi connectivity index (χ0v) is 18.1. The van der Waals surface area contributed by atoms with Crippen molar-refractivity contribution in [2.24, 2.45) is 0 Å². The summed E-state index contributed by atoms with van der Waals surface area (Å²) >= 11 is 6.58. The smallest absolute Gasteiger partial charge is 0.278 e. The predicted molar refractivity (Wildman–Crippen MR) is 112 cm³/mol. The first kappa shape index (κ1) is 20.6. The molecular weight excluding hydrogens is 428 g/mol. The lowest BCUT2D eigenvalue weighted by atomic mass is 9.99. The Hall–Kier alpha value is -2.65. The number of benzene rings is 1. The molecule has 0 unspecified atom stereocenters. The number of H-pyrrole nitrogens is 1. The van der Waals surface area contributed by atoms with Crippen LogP contribution in [0.25, 0.3) is 0 Å². The van der Waals surface area contributed by atoms with E-state index in [1.807, 2.05) is 6.92 Å². The molecule has 0 spiro atoms. The number of sulfone groups is 1. The van der Waals surface area contributed by atoms with Gasteiger partial charge in [-0.15, -0.1) is 0 Å². The van der Waals surface area contributed by atoms with Gasteiger partial charge in [0.15, 0.2) is 9.84 Å². The predicted octanol–water partition coefficient (Wildman–Crippen LogP) is 2.61. The fourth-order valence-corrected chi connectivity index (χ4v) is 4.87. The number of ketones is 1. The Kier molecular flexibility index (Phi) is 5.19. The van der Waals surface area contributed by atoms with Crippen molar-refractivity contribution in [2.75, 3.05) is 6.26 Å². The maximum atomic E-state index is 13.4. The van der Waals surface area contributed by atoms with Gasteiger partial charge in [0, 0.05) is 42.2 Å². The second-order valence-corrected chi connectivity index (χ2v) is 9.80. The molecule has 4 rings (SSSR count). The molecule has 1 fully saturated rings. The Labute approximate surface area is 178 Å². The van der Waals surface area contributed by atoms with Crippen LogP contribution in [0.1, 0.15) is 52.9 Å². The van der Waals surface area contributed by atoms with Crippen molar-refractivity contribution in [1.82, 2.24) is 19.6 Å². The highest BCUT2D eigenvalue weighted by molar-refractivity contribution is 7.90. The van der Waals surface area contributed by atoms with Crippen LogP contribution in [0.3, 0.4) is 0 Å². The maximum absolute atomic E-state index is 13.4. The maximum Gasteiger partial charge on any atom is 0.278 e. The molecule has 1 N–H and O–H groups in total. The Morgan fingerprint density at radius 3 is 2.63 bits per heavy atom. The molecule has 158 valence electrons. The number of hydrogen-bond donors (Lipinski definition) is 1. The van der Waals surface area contributed by atoms with Gasteiger partial charge in [-0.25, -0.2) is 8.42 Å². The van der Waals surface area contributed by atoms with Gasteiger partial charge in [-0.3, -0.25) is 24.1 Å². The van der Waals surface area contributed by atoms with Crippen LogP contribution in [0.4, 0.5) is 0 Å². The summed E-state index contributed by atoms with van der Waals surface area (Å²) in [6.45, 7) is 2.31. The van der Waals surface area contributed by atoms with Crippen molar-refractivity contribution in [2.45, 2.75) is 43.7 Å². The number of aromatic nitrogens is 4. The minimum absolute atomic E-state index is 0.0174. The molecule has 2 heterocycles. The lowest BCUT2D eigenvalue weighted by Gasteiger charge is -2.14. The first-order valence-corrected chi connectivity index (χ1v) is 11.9. The lowest BCUT2D eigenvalue weighted by Crippen LogP contribution is -2.22. The van der Waals surface area contributed by atoms with E-state index >= 15 is 0 Å². The van der Waals surface area contributed by atoms with E-state index in [2.05, 4.69) is 10.2 Å². The number of aromatic amines is 1. The van der Waals surface area contributed by atoms with Crippen LogP contribution < -0.4 is 5.56 Å². The van der Waals surface area contributed by atoms with Crippen molar-refractivity contribution in [1.29, 1.82) is 0 Å². The number of carbonyl (C=O) groups excluding carboxylic acids is 1. The van der Waals surface area contributed by atoms with Crippen LogP contribution in [-0.2, 0) is 22.9 Å². The van der Waals surface area contributed by atoms with Crippen molar-refractivity contribution in [3.05, 3.63) is 68.4 Å². The Morgan fingerprint density at radius 2 is 2.07 bits per heavy atom. The van der Waals surface area contributed by atoms with Gasteiger partial charge in [-0.05, 0) is 38.0 Å². The van der Waals surface area contributed by atoms with E-state index in [9.17, 15) is 18.0 Å². The number of nitrogens with one attached hydrogen (secondary N) is 1. The molecule has 0 atom stereocenters. The highest BCUT2D eigenvalue weighted by Crippen LogP contribution is 2.41. The summed E-state index contributed by atoms with van der Waals surface area (Å²) in [6, 6.07) is 4.46. The molecule has 0 aliphatic heterocycles. The molecule has 0 bridgehead atoms. The van der Waals surface area contributed by atoms with Crippen molar-refractivity contribution < 1.29 is 13.2 Å². The second-order valence-electron chi connectivity index (χ2n) is 7.43. The first-order valence-electron chi connectivity index (χ1n) is 9.58. The van der Waals surface area contributed by atoms with E-state index in [4.69, 9.17) is 11.6 Å². The summed E-state index contributed by atoms with van der Waals surface area (Å²) in [4.78, 5) is 26.2. The summed E-state index contributed by atoms with van der Waals surface area (Å²) in [7, 11) is -3.59. The SMILES string of the molecule is CCn1[nH]c(C2CC2)c(C(=O)c2ccc(S(C)(=O)=O)c(Cn3cccn3)c2Cl)c1=O. The Balaban J connectivity index is 1.87. The number of hydrogen-bond acceptors (Lipinski definition) is 5. The molecule has 3 aromatic rings. The third-order valence-electron chi connectivity index (χ3n) is 5.24. The molecule has 2 aromatic heterocycles. The van der Waals surface area contributed by atoms with E-state index in [1.54, 1.807) is 18.5 Å². The standard InChI is InChI=1S/C20H21ClN4O4S/c1-3-25-20(27)16(18(23-25)12-5-6-12)19(26)13-7-8-15(30(2,28)29)14(17(13)21)11-24-10-4-9-22-24/h4,7-10,12,23H,3,5-6,11H2,1-2H3. The number of halogens is 1. The molecule has 0 radical (unpaired) electrons. The van der Waals surface area contributed by atoms with Gasteiger partial charge in [-0.1, -0.05) is 11.6 Å². The molecule has 10 heteroatoms. The summed E-state index contributed by atoms with van der Waals surface area (Å²) in [6.07, 6.45) is 6.15. The Bertz CT molecular complexity index is 1290. The fraction of sp³-hybridized carbons (Fsp3) is 0.350. The highest BCUT2D eigenvalue weighted by Gasteiger charge is 2.34. The van der Waals surface area contributed by atoms with E-state index in [0.717, 1.165) is 19.1 Å². The topological polar surface area (TPSA) is 107 Å². The van der Waals surface area contributed by atoms with Crippen LogP contribution in [-0.4, -0.2) is 40.0 Å². The summed E-state index contributed by atoms with van der Waals surface area (Å²) in [5.74, 6) is -0.348. The molecule has 1 aliphatic rings. The van der Waals surface area contributed by atoms with Crippen LogP contribution in [0.15, 0.2) is 40.3 Å². The van der Waals surface area contributed by atoms with Crippen molar-refractivity contribution in [3.8, 4) is 0 Å². The molecular formula is C20H21ClN4O4S. The summed E-state index contributed by atoms with van der Waals surface area (Å²) in [5.41, 5.74) is 0.698. The van der Waals surface area contributed by atoms with Crippen LogP contribution in [0, 0.1) is 0 Å². The van der Waals surface area contributed by atoms with E-state index in [0.29, 0.717) is 12.2 Å². The van der Waals surface area contributed by atoms with E-state index in [1.165, 1.54) is 21.5 Å². The van der Waals surface area contributed by atoms with E-state index in [-0.39, 0.29) is 44.6 Å². The molecule has 0 amide bonds. The minimum Gasteiger partial charge on any atom is -0.299 e. The largest absolute Gasteiger partial charge is 0.299 e. The van der Waals surface area contributed by atoms with Crippen LogP contribution >= 0.6 is 11.6 Å². The van der Waals surface area contributed by atoms with Crippen molar-refractivity contribution in [3.63, 3.8) is 0 Å². The van der Waals surface area contributed by atoms with Gasteiger partial charge in [0.25, 0.3) is 5.56 Å². The monoisotopic (exact) mass is 448 g/mol. The number of rotatable bonds is 7. The minimum atomic E-state index is -3.59. The first-order chi connectivity index (χ1) is 14.2. The van der Waals surface area contributed by atoms with Crippen LogP contribution in [0.5, 0.6) is 0 Å². The van der Waals surface area contributed by atoms with Crippen LogP contribution in [0.2, 0.25) is 5.02 Å². The average Bonchev–Trinajstić information content (AvgIpc) is 3.30. The van der Waals surface area contributed by atoms with Gasteiger partial charge in [0.1, 0.15) is 5.56 Å². The lowest BCUT2D eigenvalue weighted by molar-refractivity contribution is 0.103. The second kappa shape index (κ2) is 7.55. The number of nitrogens with zero attached hydrogens (tertiary/aromatic N) is 3. The summed E-state index contributed by atoms with van der Waals surface area (Å²) < 4.78 is 27.5. The summed E-state index contributed by atoms with van der Waals surface area (Å²) in [5, 5.41) is 7.17. The van der Waals surface area contributed by atoms with E-state index < -0.39 is 15.6 Å². The zero-order chi connectivity index (χ0) is 21.6. The van der Waals surface area contributed by atoms with Gasteiger partial charge in [0.05, 0.1) is 22.2 Å². The van der Waals surface area contributed by atoms with Crippen molar-refractivity contribution >= 4 is 27.2 Å². The third kappa shape index (κ3) is 3.63. The average molecular weight is 449 g/mol. The molecule has 30 heavy (non-hydrogen) atoms. The molecule has 1 saturated carbocycles. The van der Waals surface area contributed by atoms with Gasteiger partial charge in [0.2, 0.25) is 5.78 Å². The van der Waals surface area contributed by atoms with Gasteiger partial charge >= 0.3 is 0 Å².